The predicted molar refractivity (Wildman–Crippen MR) is 152 cm³/mol. The monoisotopic (exact) mass is 667 g/mol. The second kappa shape index (κ2) is 11.8. The van der Waals surface area contributed by atoms with Crippen LogP contribution in [0.4, 0.5) is 0 Å². The summed E-state index contributed by atoms with van der Waals surface area (Å²) < 4.78 is 0. The van der Waals surface area contributed by atoms with Gasteiger partial charge in [0.05, 0.1) is 5.76 Å². The SMILES string of the molecule is CC(=O)/C=C(/C)O.Cc1c(C(C)C)ccc2c(-c3[c-]c4ccc5ccccc5c4c(C)c3)nccc12.[Ir]. The smallest absolute Gasteiger partial charge is 0.155 e. The van der Waals surface area contributed by atoms with Gasteiger partial charge in [0, 0.05) is 38.1 Å². The van der Waals surface area contributed by atoms with Gasteiger partial charge in [-0.1, -0.05) is 74.2 Å². The zero-order valence-electron chi connectivity index (χ0n) is 22.1. The Labute approximate surface area is 232 Å². The number of rotatable bonds is 3. The van der Waals surface area contributed by atoms with Gasteiger partial charge in [-0.2, -0.15) is 0 Å². The van der Waals surface area contributed by atoms with Gasteiger partial charge in [0.1, 0.15) is 0 Å². The number of hydrogen-bond acceptors (Lipinski definition) is 3. The fraction of sp³-hybridized carbons (Fsp3) is 0.212. The minimum Gasteiger partial charge on any atom is -0.512 e. The third kappa shape index (κ3) is 5.98. The Morgan fingerprint density at radius 2 is 1.68 bits per heavy atom. The first-order valence-corrected chi connectivity index (χ1v) is 12.3. The first kappa shape index (κ1) is 28.2. The van der Waals surface area contributed by atoms with Gasteiger partial charge in [0.2, 0.25) is 0 Å². The number of pyridine rings is 1. The summed E-state index contributed by atoms with van der Waals surface area (Å²) in [7, 11) is 0. The second-order valence-corrected chi connectivity index (χ2v) is 9.66. The van der Waals surface area contributed by atoms with Crippen molar-refractivity contribution >= 4 is 38.1 Å². The van der Waals surface area contributed by atoms with Gasteiger partial charge in [-0.05, 0) is 65.4 Å². The molecule has 3 nitrogen and oxygen atoms in total. The number of benzene rings is 4. The van der Waals surface area contributed by atoms with Crippen LogP contribution < -0.4 is 0 Å². The Bertz CT molecular complexity index is 1630. The van der Waals surface area contributed by atoms with E-state index in [0.717, 1.165) is 16.6 Å². The molecule has 0 atom stereocenters. The normalized spacial score (nSPS) is 11.4. The molecule has 0 aliphatic carbocycles. The van der Waals surface area contributed by atoms with Crippen LogP contribution >= 0.6 is 0 Å². The molecule has 0 bridgehead atoms. The molecule has 5 aromatic rings. The summed E-state index contributed by atoms with van der Waals surface area (Å²) in [6.07, 6.45) is 3.10. The van der Waals surface area contributed by atoms with Gasteiger partial charge >= 0.3 is 0 Å². The second-order valence-electron chi connectivity index (χ2n) is 9.66. The molecule has 191 valence electrons. The maximum atomic E-state index is 10.0. The van der Waals surface area contributed by atoms with E-state index in [4.69, 9.17) is 10.1 Å². The van der Waals surface area contributed by atoms with Crippen LogP contribution in [0.5, 0.6) is 0 Å². The number of aromatic nitrogens is 1. The summed E-state index contributed by atoms with van der Waals surface area (Å²) in [5, 5.41) is 15.8. The van der Waals surface area contributed by atoms with Gasteiger partial charge < -0.3 is 5.11 Å². The van der Waals surface area contributed by atoms with Crippen LogP contribution in [-0.4, -0.2) is 15.9 Å². The Balaban J connectivity index is 0.000000422. The molecule has 1 heterocycles. The van der Waals surface area contributed by atoms with Crippen molar-refractivity contribution < 1.29 is 30.0 Å². The molecule has 1 radical (unpaired) electrons. The van der Waals surface area contributed by atoms with Crippen molar-refractivity contribution in [3.63, 3.8) is 0 Å². The Morgan fingerprint density at radius 3 is 2.32 bits per heavy atom. The van der Waals surface area contributed by atoms with Gasteiger partial charge in [-0.3, -0.25) is 9.78 Å². The number of carbonyl (C=O) groups excluding carboxylic acids is 1. The minimum absolute atomic E-state index is 0. The first-order valence-electron chi connectivity index (χ1n) is 12.3. The number of aliphatic hydroxyl groups excluding tert-OH is 1. The molecule has 0 saturated heterocycles. The fourth-order valence-electron chi connectivity index (χ4n) is 4.95. The zero-order chi connectivity index (χ0) is 26.0. The maximum Gasteiger partial charge on any atom is 0.155 e. The summed E-state index contributed by atoms with van der Waals surface area (Å²) >= 11 is 0. The Morgan fingerprint density at radius 1 is 0.946 bits per heavy atom. The van der Waals surface area contributed by atoms with Crippen LogP contribution in [0.15, 0.2) is 78.7 Å². The van der Waals surface area contributed by atoms with E-state index in [1.165, 1.54) is 63.5 Å². The van der Waals surface area contributed by atoms with Crippen LogP contribution in [0.2, 0.25) is 0 Å². The van der Waals surface area contributed by atoms with Crippen molar-refractivity contribution in [1.29, 1.82) is 0 Å². The number of aliphatic hydroxyl groups is 1. The third-order valence-corrected chi connectivity index (χ3v) is 6.50. The summed E-state index contributed by atoms with van der Waals surface area (Å²) in [6.45, 7) is 11.8. The Hall–Kier alpha value is -3.33. The number of hydrogen-bond donors (Lipinski definition) is 1. The zero-order valence-corrected chi connectivity index (χ0v) is 24.5. The number of ketones is 1. The number of allylic oxidation sites excluding steroid dienone is 2. The summed E-state index contributed by atoms with van der Waals surface area (Å²) in [5.41, 5.74) is 6.09. The molecule has 37 heavy (non-hydrogen) atoms. The standard InChI is InChI=1S/C28H24N.C5H8O2.Ir/c1-17(2)23-11-12-26-24(19(23)4)13-14-29-28(26)22-15-18(3)27-21(16-22)10-9-20-7-5-6-8-25(20)27;1-4(6)3-5(2)7;/h5-15,17H,1-4H3;3,6H,1-2H3;/q-1;;/b;4-3-;. The summed E-state index contributed by atoms with van der Waals surface area (Å²) in [6, 6.07) is 25.5. The van der Waals surface area contributed by atoms with Crippen LogP contribution in [0.3, 0.4) is 0 Å². The molecule has 0 aliphatic rings. The molecule has 0 spiro atoms. The van der Waals surface area contributed by atoms with Crippen molar-refractivity contribution in [2.45, 2.75) is 47.5 Å². The van der Waals surface area contributed by atoms with E-state index in [1.807, 2.05) is 6.20 Å². The molecule has 0 unspecified atom stereocenters. The van der Waals surface area contributed by atoms with Crippen molar-refractivity contribution in [3.05, 3.63) is 101 Å². The van der Waals surface area contributed by atoms with E-state index in [1.54, 1.807) is 0 Å². The average Bonchev–Trinajstić information content (AvgIpc) is 2.83. The van der Waals surface area contributed by atoms with E-state index in [2.05, 4.69) is 94.4 Å². The number of aryl methyl sites for hydroxylation is 2. The van der Waals surface area contributed by atoms with Crippen LogP contribution in [0.1, 0.15) is 50.3 Å². The van der Waals surface area contributed by atoms with E-state index in [9.17, 15) is 4.79 Å². The topological polar surface area (TPSA) is 50.2 Å². The number of fused-ring (bicyclic) bond motifs is 4. The number of nitrogens with zero attached hydrogens (tertiary/aromatic N) is 1. The summed E-state index contributed by atoms with van der Waals surface area (Å²) in [4.78, 5) is 14.8. The van der Waals surface area contributed by atoms with Gasteiger partial charge in [-0.15, -0.1) is 29.1 Å². The fourth-order valence-corrected chi connectivity index (χ4v) is 4.95. The molecule has 4 heteroatoms. The van der Waals surface area contributed by atoms with Crippen LogP contribution in [0.25, 0.3) is 43.6 Å². The van der Waals surface area contributed by atoms with Crippen molar-refractivity contribution in [3.8, 4) is 11.3 Å². The largest absolute Gasteiger partial charge is 0.512 e. The molecule has 5 rings (SSSR count). The Kier molecular flexibility index (Phi) is 9.02. The molecule has 1 aromatic heterocycles. The molecular weight excluding hydrogens is 635 g/mol. The predicted octanol–water partition coefficient (Wildman–Crippen LogP) is 8.78. The summed E-state index contributed by atoms with van der Waals surface area (Å²) in [5.74, 6) is 0.450. The first-order chi connectivity index (χ1) is 17.2. The minimum atomic E-state index is -0.125. The average molecular weight is 667 g/mol. The van der Waals surface area contributed by atoms with Crippen molar-refractivity contribution in [2.24, 2.45) is 0 Å². The quantitative estimate of drug-likeness (QED) is 0.0907. The van der Waals surface area contributed by atoms with Crippen molar-refractivity contribution in [2.75, 3.05) is 0 Å². The molecule has 1 N–H and O–H groups in total. The third-order valence-electron chi connectivity index (χ3n) is 6.50. The van der Waals surface area contributed by atoms with E-state index in [-0.39, 0.29) is 31.6 Å². The van der Waals surface area contributed by atoms with Crippen LogP contribution in [-0.2, 0) is 24.9 Å². The van der Waals surface area contributed by atoms with Crippen LogP contribution in [0, 0.1) is 19.9 Å². The molecule has 0 saturated carbocycles. The van der Waals surface area contributed by atoms with Gasteiger partial charge in [0.25, 0.3) is 0 Å². The number of carbonyl (C=O) groups is 1. The van der Waals surface area contributed by atoms with E-state index in [0.29, 0.717) is 5.92 Å². The van der Waals surface area contributed by atoms with Crippen molar-refractivity contribution in [1.82, 2.24) is 4.98 Å². The van der Waals surface area contributed by atoms with Gasteiger partial charge in [-0.25, -0.2) is 0 Å². The molecule has 4 aromatic carbocycles. The molecule has 0 fully saturated rings. The van der Waals surface area contributed by atoms with E-state index >= 15 is 0 Å². The molecule has 0 aliphatic heterocycles. The molecule has 0 amide bonds. The van der Waals surface area contributed by atoms with Gasteiger partial charge in [0.15, 0.2) is 5.78 Å². The maximum absolute atomic E-state index is 10.0. The van der Waals surface area contributed by atoms with E-state index < -0.39 is 0 Å². The molecular formula is C33H32IrNO2-.